The van der Waals surface area contributed by atoms with Crippen molar-refractivity contribution in [3.05, 3.63) is 60.3 Å². The van der Waals surface area contributed by atoms with Crippen LogP contribution in [0.3, 0.4) is 0 Å². The molecule has 96 valence electrons. The predicted molar refractivity (Wildman–Crippen MR) is 70.3 cm³/mol. The summed E-state index contributed by atoms with van der Waals surface area (Å²) in [4.78, 5) is 4.37. The van der Waals surface area contributed by atoms with Crippen molar-refractivity contribution >= 4 is 11.3 Å². The van der Waals surface area contributed by atoms with E-state index in [0.29, 0.717) is 17.1 Å². The lowest BCUT2D eigenvalue weighted by Gasteiger charge is -2.03. The van der Waals surface area contributed by atoms with Crippen molar-refractivity contribution in [1.29, 1.82) is 0 Å². The van der Waals surface area contributed by atoms with Gasteiger partial charge in [0.05, 0.1) is 11.4 Å². The Bertz CT molecular complexity index is 724. The van der Waals surface area contributed by atoms with Gasteiger partial charge in [-0.1, -0.05) is 6.07 Å². The van der Waals surface area contributed by atoms with E-state index >= 15 is 0 Å². The summed E-state index contributed by atoms with van der Waals surface area (Å²) in [6, 6.07) is 9.66. The highest BCUT2D eigenvalue weighted by Gasteiger charge is 2.05. The first-order valence-electron chi connectivity index (χ1n) is 5.83. The van der Waals surface area contributed by atoms with Gasteiger partial charge in [0.25, 0.3) is 0 Å². The lowest BCUT2D eigenvalue weighted by atomic mass is 10.3. The van der Waals surface area contributed by atoms with Crippen molar-refractivity contribution in [2.24, 2.45) is 0 Å². The number of rotatable bonds is 3. The second-order valence-electron chi connectivity index (χ2n) is 4.17. The Morgan fingerprint density at radius 3 is 2.95 bits per heavy atom. The predicted octanol–water partition coefficient (Wildman–Crippen LogP) is 2.63. The van der Waals surface area contributed by atoms with Crippen LogP contribution >= 0.6 is 0 Å². The van der Waals surface area contributed by atoms with E-state index in [1.807, 2.05) is 22.9 Å². The Labute approximate surface area is 109 Å². The third-order valence-corrected chi connectivity index (χ3v) is 2.75. The average molecular weight is 257 g/mol. The van der Waals surface area contributed by atoms with Crippen LogP contribution < -0.4 is 10.5 Å². The normalized spacial score (nSPS) is 10.8. The molecule has 2 heterocycles. The van der Waals surface area contributed by atoms with Crippen molar-refractivity contribution in [3.63, 3.8) is 0 Å². The molecule has 0 bridgehead atoms. The van der Waals surface area contributed by atoms with Gasteiger partial charge in [-0.2, -0.15) is 0 Å². The lowest BCUT2D eigenvalue weighted by molar-refractivity contribution is 0.300. The highest BCUT2D eigenvalue weighted by atomic mass is 19.1. The van der Waals surface area contributed by atoms with E-state index in [2.05, 4.69) is 4.98 Å². The van der Waals surface area contributed by atoms with Crippen LogP contribution in [-0.4, -0.2) is 9.38 Å². The number of ether oxygens (including phenoxy) is 1. The highest BCUT2D eigenvalue weighted by molar-refractivity contribution is 5.64. The molecule has 0 saturated heterocycles. The Morgan fingerprint density at radius 2 is 2.16 bits per heavy atom. The van der Waals surface area contributed by atoms with Gasteiger partial charge in [-0.3, -0.25) is 0 Å². The van der Waals surface area contributed by atoms with E-state index in [0.717, 1.165) is 5.69 Å². The zero-order valence-corrected chi connectivity index (χ0v) is 10.1. The molecule has 0 unspecified atom stereocenters. The molecule has 0 aliphatic heterocycles. The first-order chi connectivity index (χ1) is 9.22. The van der Waals surface area contributed by atoms with E-state index in [-0.39, 0.29) is 12.4 Å². The maximum absolute atomic E-state index is 13.0. The van der Waals surface area contributed by atoms with Crippen LogP contribution in [0.15, 0.2) is 48.8 Å². The van der Waals surface area contributed by atoms with Gasteiger partial charge in [-0.15, -0.1) is 0 Å². The maximum atomic E-state index is 13.0. The molecule has 19 heavy (non-hydrogen) atoms. The number of anilines is 1. The topological polar surface area (TPSA) is 52.5 Å². The minimum atomic E-state index is -0.322. The van der Waals surface area contributed by atoms with Crippen LogP contribution in [-0.2, 0) is 6.61 Å². The molecule has 2 N–H and O–H groups in total. The van der Waals surface area contributed by atoms with Crippen LogP contribution in [0.25, 0.3) is 5.65 Å². The summed E-state index contributed by atoms with van der Waals surface area (Å²) in [7, 11) is 0. The average Bonchev–Trinajstić information content (AvgIpc) is 2.81. The summed E-state index contributed by atoms with van der Waals surface area (Å²) in [5.41, 5.74) is 7.87. The molecule has 3 aromatic rings. The van der Waals surface area contributed by atoms with Crippen LogP contribution in [0.4, 0.5) is 10.1 Å². The molecule has 2 aromatic heterocycles. The molecule has 0 aliphatic carbocycles. The fourth-order valence-corrected chi connectivity index (χ4v) is 1.87. The third kappa shape index (κ3) is 2.35. The Morgan fingerprint density at radius 1 is 1.26 bits per heavy atom. The van der Waals surface area contributed by atoms with Crippen LogP contribution in [0.2, 0.25) is 0 Å². The Balaban J connectivity index is 1.80. The van der Waals surface area contributed by atoms with Crippen molar-refractivity contribution < 1.29 is 9.13 Å². The zero-order chi connectivity index (χ0) is 13.2. The first kappa shape index (κ1) is 11.5. The number of hydrogen-bond acceptors (Lipinski definition) is 3. The van der Waals surface area contributed by atoms with E-state index in [9.17, 15) is 4.39 Å². The number of pyridine rings is 1. The van der Waals surface area contributed by atoms with Gasteiger partial charge in [-0.05, 0) is 24.3 Å². The van der Waals surface area contributed by atoms with Gasteiger partial charge < -0.3 is 14.9 Å². The number of aromatic nitrogens is 2. The van der Waals surface area contributed by atoms with E-state index in [1.165, 1.54) is 12.1 Å². The second kappa shape index (κ2) is 4.61. The number of benzene rings is 1. The number of fused-ring (bicyclic) bond motifs is 1. The van der Waals surface area contributed by atoms with Gasteiger partial charge >= 0.3 is 0 Å². The van der Waals surface area contributed by atoms with Crippen LogP contribution in [0, 0.1) is 5.82 Å². The molecular formula is C14H12FN3O. The van der Waals surface area contributed by atoms with E-state index in [4.69, 9.17) is 10.5 Å². The van der Waals surface area contributed by atoms with Crippen molar-refractivity contribution in [2.45, 2.75) is 6.61 Å². The number of hydrogen-bond donors (Lipinski definition) is 1. The molecule has 0 atom stereocenters. The molecule has 0 radical (unpaired) electrons. The molecule has 0 spiro atoms. The fraction of sp³-hybridized carbons (Fsp3) is 0.0714. The lowest BCUT2D eigenvalue weighted by Crippen LogP contribution is -1.95. The number of nitrogens with zero attached hydrogens (tertiary/aromatic N) is 2. The summed E-state index contributed by atoms with van der Waals surface area (Å²) in [5.74, 6) is 0.154. The standard InChI is InChI=1S/C14H12FN3O/c15-10-3-1-4-12(7-10)19-9-11-8-18-6-2-5-13(16)14(18)17-11/h1-8H,9,16H2. The third-order valence-electron chi connectivity index (χ3n) is 2.75. The first-order valence-corrected chi connectivity index (χ1v) is 5.83. The highest BCUT2D eigenvalue weighted by Crippen LogP contribution is 2.16. The number of nitrogens with two attached hydrogens (primary N) is 1. The molecule has 1 aromatic carbocycles. The number of halogens is 1. The maximum Gasteiger partial charge on any atom is 0.160 e. The summed E-state index contributed by atoms with van der Waals surface area (Å²) in [6.07, 6.45) is 3.70. The Kier molecular flexibility index (Phi) is 2.79. The minimum Gasteiger partial charge on any atom is -0.487 e. The smallest absolute Gasteiger partial charge is 0.160 e. The SMILES string of the molecule is Nc1cccn2cc(COc3cccc(F)c3)nc12. The van der Waals surface area contributed by atoms with Crippen LogP contribution in [0.1, 0.15) is 5.69 Å². The molecule has 0 fully saturated rings. The summed E-state index contributed by atoms with van der Waals surface area (Å²) >= 11 is 0. The molecule has 3 rings (SSSR count). The van der Waals surface area contributed by atoms with Crippen LogP contribution in [0.5, 0.6) is 5.75 Å². The van der Waals surface area contributed by atoms with Crippen molar-refractivity contribution in [2.75, 3.05) is 5.73 Å². The molecule has 0 saturated carbocycles. The molecule has 0 aliphatic rings. The molecule has 4 nitrogen and oxygen atoms in total. The van der Waals surface area contributed by atoms with Crippen molar-refractivity contribution in [3.8, 4) is 5.75 Å². The Hall–Kier alpha value is -2.56. The number of imidazole rings is 1. The minimum absolute atomic E-state index is 0.268. The van der Waals surface area contributed by atoms with Crippen molar-refractivity contribution in [1.82, 2.24) is 9.38 Å². The quantitative estimate of drug-likeness (QED) is 0.784. The fourth-order valence-electron chi connectivity index (χ4n) is 1.87. The zero-order valence-electron chi connectivity index (χ0n) is 10.1. The molecule has 5 heteroatoms. The number of nitrogen functional groups attached to an aromatic ring is 1. The molecule has 0 amide bonds. The molecular weight excluding hydrogens is 245 g/mol. The van der Waals surface area contributed by atoms with Gasteiger partial charge in [-0.25, -0.2) is 9.37 Å². The van der Waals surface area contributed by atoms with Gasteiger partial charge in [0.1, 0.15) is 18.2 Å². The summed E-state index contributed by atoms with van der Waals surface area (Å²) < 4.78 is 20.3. The summed E-state index contributed by atoms with van der Waals surface area (Å²) in [5, 5.41) is 0. The second-order valence-corrected chi connectivity index (χ2v) is 4.17. The summed E-state index contributed by atoms with van der Waals surface area (Å²) in [6.45, 7) is 0.268. The van der Waals surface area contributed by atoms with Gasteiger partial charge in [0.2, 0.25) is 0 Å². The van der Waals surface area contributed by atoms with Gasteiger partial charge in [0, 0.05) is 18.5 Å². The van der Waals surface area contributed by atoms with Gasteiger partial charge in [0.15, 0.2) is 5.65 Å². The van der Waals surface area contributed by atoms with E-state index < -0.39 is 0 Å². The largest absolute Gasteiger partial charge is 0.487 e. The van der Waals surface area contributed by atoms with E-state index in [1.54, 1.807) is 18.2 Å². The monoisotopic (exact) mass is 257 g/mol.